The first-order chi connectivity index (χ1) is 8.22. The standard InChI is InChI=1S/C14H21NO2/c1-3-12-6-4-7-13(8-5-9-15)14(12)17-11(2)10-16/h3-4,6-7,11,16H,1,5,8-10,15H2,2H3/t11-/m1/s1. The van der Waals surface area contributed by atoms with E-state index in [9.17, 15) is 0 Å². The van der Waals surface area contributed by atoms with Gasteiger partial charge in [0, 0.05) is 5.56 Å². The van der Waals surface area contributed by atoms with E-state index in [1.54, 1.807) is 6.08 Å². The second-order valence-corrected chi connectivity index (χ2v) is 4.04. The van der Waals surface area contributed by atoms with Gasteiger partial charge >= 0.3 is 0 Å². The molecule has 0 heterocycles. The van der Waals surface area contributed by atoms with E-state index in [1.807, 2.05) is 25.1 Å². The van der Waals surface area contributed by atoms with Crippen LogP contribution in [0.4, 0.5) is 0 Å². The molecule has 0 aliphatic carbocycles. The van der Waals surface area contributed by atoms with Gasteiger partial charge in [-0.2, -0.15) is 0 Å². The van der Waals surface area contributed by atoms with Crippen LogP contribution in [0.2, 0.25) is 0 Å². The van der Waals surface area contributed by atoms with Gasteiger partial charge in [-0.05, 0) is 31.9 Å². The molecule has 0 saturated heterocycles. The van der Waals surface area contributed by atoms with Crippen molar-refractivity contribution in [2.45, 2.75) is 25.9 Å². The number of benzene rings is 1. The molecule has 0 spiro atoms. The summed E-state index contributed by atoms with van der Waals surface area (Å²) in [6.07, 6.45) is 3.36. The van der Waals surface area contributed by atoms with Crippen LogP contribution in [0.5, 0.6) is 5.75 Å². The molecule has 1 aromatic rings. The number of para-hydroxylation sites is 1. The summed E-state index contributed by atoms with van der Waals surface area (Å²) < 4.78 is 5.75. The van der Waals surface area contributed by atoms with Crippen molar-refractivity contribution in [3.05, 3.63) is 35.9 Å². The number of hydrogen-bond donors (Lipinski definition) is 2. The van der Waals surface area contributed by atoms with Gasteiger partial charge in [-0.3, -0.25) is 0 Å². The molecule has 1 rings (SSSR count). The number of aryl methyl sites for hydroxylation is 1. The number of hydrogen-bond acceptors (Lipinski definition) is 3. The van der Waals surface area contributed by atoms with E-state index < -0.39 is 0 Å². The Bertz CT molecular complexity index is 363. The maximum absolute atomic E-state index is 9.06. The van der Waals surface area contributed by atoms with Crippen LogP contribution in [0.25, 0.3) is 6.08 Å². The Morgan fingerprint density at radius 3 is 2.88 bits per heavy atom. The third-order valence-corrected chi connectivity index (χ3v) is 2.57. The summed E-state index contributed by atoms with van der Waals surface area (Å²) >= 11 is 0. The van der Waals surface area contributed by atoms with Gasteiger partial charge in [0.2, 0.25) is 0 Å². The Labute approximate surface area is 103 Å². The summed E-state index contributed by atoms with van der Waals surface area (Å²) in [6.45, 7) is 6.28. The topological polar surface area (TPSA) is 55.5 Å². The Hall–Kier alpha value is -1.32. The average Bonchev–Trinajstić information content (AvgIpc) is 2.37. The maximum atomic E-state index is 9.06. The molecule has 0 aromatic heterocycles. The zero-order chi connectivity index (χ0) is 12.7. The molecule has 0 saturated carbocycles. The molecule has 0 bridgehead atoms. The Balaban J connectivity index is 2.97. The van der Waals surface area contributed by atoms with Gasteiger partial charge in [-0.25, -0.2) is 0 Å². The smallest absolute Gasteiger partial charge is 0.130 e. The molecule has 17 heavy (non-hydrogen) atoms. The highest BCUT2D eigenvalue weighted by atomic mass is 16.5. The van der Waals surface area contributed by atoms with E-state index in [-0.39, 0.29) is 12.7 Å². The lowest BCUT2D eigenvalue weighted by molar-refractivity contribution is 0.128. The first-order valence-corrected chi connectivity index (χ1v) is 5.94. The van der Waals surface area contributed by atoms with E-state index in [1.165, 1.54) is 0 Å². The third kappa shape index (κ3) is 3.88. The summed E-state index contributed by atoms with van der Waals surface area (Å²) in [5.41, 5.74) is 7.60. The van der Waals surface area contributed by atoms with Gasteiger partial charge in [-0.15, -0.1) is 0 Å². The lowest BCUT2D eigenvalue weighted by atomic mass is 10.0. The van der Waals surface area contributed by atoms with Gasteiger partial charge in [0.25, 0.3) is 0 Å². The van der Waals surface area contributed by atoms with E-state index in [0.717, 1.165) is 29.7 Å². The summed E-state index contributed by atoms with van der Waals surface area (Å²) in [6, 6.07) is 5.97. The molecule has 3 heteroatoms. The second kappa shape index (κ2) is 7.09. The minimum absolute atomic E-state index is 0.00179. The molecule has 0 unspecified atom stereocenters. The zero-order valence-electron chi connectivity index (χ0n) is 10.4. The van der Waals surface area contributed by atoms with Crippen LogP contribution in [0.15, 0.2) is 24.8 Å². The van der Waals surface area contributed by atoms with Crippen molar-refractivity contribution >= 4 is 6.08 Å². The van der Waals surface area contributed by atoms with Crippen molar-refractivity contribution in [3.63, 3.8) is 0 Å². The van der Waals surface area contributed by atoms with Crippen LogP contribution in [-0.4, -0.2) is 24.4 Å². The van der Waals surface area contributed by atoms with Crippen molar-refractivity contribution in [1.82, 2.24) is 0 Å². The van der Waals surface area contributed by atoms with Crippen LogP contribution >= 0.6 is 0 Å². The monoisotopic (exact) mass is 235 g/mol. The summed E-state index contributed by atoms with van der Waals surface area (Å²) in [4.78, 5) is 0. The van der Waals surface area contributed by atoms with Crippen molar-refractivity contribution in [3.8, 4) is 5.75 Å². The maximum Gasteiger partial charge on any atom is 0.130 e. The normalized spacial score (nSPS) is 12.2. The highest BCUT2D eigenvalue weighted by Gasteiger charge is 2.10. The first-order valence-electron chi connectivity index (χ1n) is 5.94. The summed E-state index contributed by atoms with van der Waals surface area (Å²) in [5.74, 6) is 0.817. The highest BCUT2D eigenvalue weighted by Crippen LogP contribution is 2.27. The third-order valence-electron chi connectivity index (χ3n) is 2.57. The van der Waals surface area contributed by atoms with Gasteiger partial charge in [0.15, 0.2) is 0 Å². The first kappa shape index (κ1) is 13.7. The van der Waals surface area contributed by atoms with E-state index in [2.05, 4.69) is 6.58 Å². The minimum atomic E-state index is -0.215. The van der Waals surface area contributed by atoms with Crippen LogP contribution in [0.1, 0.15) is 24.5 Å². The van der Waals surface area contributed by atoms with Crippen molar-refractivity contribution in [2.24, 2.45) is 5.73 Å². The molecule has 3 nitrogen and oxygen atoms in total. The number of aliphatic hydroxyl groups excluding tert-OH is 1. The predicted octanol–water partition coefficient (Wildman–Crippen LogP) is 1.98. The molecule has 1 atom stereocenters. The molecule has 0 aliphatic rings. The molecular weight excluding hydrogens is 214 g/mol. The van der Waals surface area contributed by atoms with Gasteiger partial charge in [0.1, 0.15) is 11.9 Å². The molecule has 1 aromatic carbocycles. The number of rotatable bonds is 7. The number of nitrogens with two attached hydrogens (primary N) is 1. The van der Waals surface area contributed by atoms with Crippen LogP contribution in [0, 0.1) is 0 Å². The number of ether oxygens (including phenoxy) is 1. The molecule has 0 amide bonds. The lowest BCUT2D eigenvalue weighted by Crippen LogP contribution is -2.18. The Morgan fingerprint density at radius 1 is 1.53 bits per heavy atom. The zero-order valence-corrected chi connectivity index (χ0v) is 10.4. The molecule has 0 fully saturated rings. The lowest BCUT2D eigenvalue weighted by Gasteiger charge is -2.18. The SMILES string of the molecule is C=Cc1cccc(CCCN)c1O[C@H](C)CO. The largest absolute Gasteiger partial charge is 0.487 e. The van der Waals surface area contributed by atoms with E-state index in [0.29, 0.717) is 6.54 Å². The van der Waals surface area contributed by atoms with Crippen LogP contribution < -0.4 is 10.5 Å². The summed E-state index contributed by atoms with van der Waals surface area (Å²) in [5, 5.41) is 9.06. The fourth-order valence-electron chi connectivity index (χ4n) is 1.64. The van der Waals surface area contributed by atoms with Gasteiger partial charge < -0.3 is 15.6 Å². The van der Waals surface area contributed by atoms with E-state index >= 15 is 0 Å². The fourth-order valence-corrected chi connectivity index (χ4v) is 1.64. The molecule has 3 N–H and O–H groups in total. The Morgan fingerprint density at radius 2 is 2.29 bits per heavy atom. The van der Waals surface area contributed by atoms with Crippen LogP contribution in [-0.2, 0) is 6.42 Å². The van der Waals surface area contributed by atoms with Crippen molar-refractivity contribution in [1.29, 1.82) is 0 Å². The molecule has 94 valence electrons. The quantitative estimate of drug-likeness (QED) is 0.760. The molecule has 0 radical (unpaired) electrons. The fraction of sp³-hybridized carbons (Fsp3) is 0.429. The minimum Gasteiger partial charge on any atom is -0.487 e. The second-order valence-electron chi connectivity index (χ2n) is 4.04. The Kier molecular flexibility index (Phi) is 5.73. The van der Waals surface area contributed by atoms with Gasteiger partial charge in [0.05, 0.1) is 6.61 Å². The van der Waals surface area contributed by atoms with Crippen LogP contribution in [0.3, 0.4) is 0 Å². The summed E-state index contributed by atoms with van der Waals surface area (Å²) in [7, 11) is 0. The molecule has 0 aliphatic heterocycles. The van der Waals surface area contributed by atoms with Gasteiger partial charge in [-0.1, -0.05) is 30.9 Å². The highest BCUT2D eigenvalue weighted by molar-refractivity contribution is 5.58. The molecular formula is C14H21NO2. The number of aliphatic hydroxyl groups is 1. The average molecular weight is 235 g/mol. The van der Waals surface area contributed by atoms with Crippen molar-refractivity contribution < 1.29 is 9.84 Å². The van der Waals surface area contributed by atoms with Crippen molar-refractivity contribution in [2.75, 3.05) is 13.2 Å². The predicted molar refractivity (Wildman–Crippen MR) is 71.1 cm³/mol. The van der Waals surface area contributed by atoms with E-state index in [4.69, 9.17) is 15.6 Å².